The van der Waals surface area contributed by atoms with Gasteiger partial charge in [0.1, 0.15) is 0 Å². The summed E-state index contributed by atoms with van der Waals surface area (Å²) in [5.41, 5.74) is 2.31. The number of phenolic OH excluding ortho intramolecular Hbond substituents is 1. The number of hydrogen-bond donors (Lipinski definition) is 1. The quantitative estimate of drug-likeness (QED) is 0.154. The van der Waals surface area contributed by atoms with Crippen molar-refractivity contribution >= 4 is 84.2 Å². The fourth-order valence-electron chi connectivity index (χ4n) is 9.95. The molecule has 6 atom stereocenters. The van der Waals surface area contributed by atoms with Gasteiger partial charge in [0.15, 0.2) is 11.5 Å². The van der Waals surface area contributed by atoms with Crippen LogP contribution in [0.5, 0.6) is 11.5 Å². The van der Waals surface area contributed by atoms with Gasteiger partial charge in [-0.25, -0.2) is 4.90 Å². The van der Waals surface area contributed by atoms with Gasteiger partial charge >= 0.3 is 0 Å². The number of amides is 4. The summed E-state index contributed by atoms with van der Waals surface area (Å²) in [6.07, 6.45) is 2.42. The summed E-state index contributed by atoms with van der Waals surface area (Å²) in [5.74, 6) is -5.22. The zero-order valence-electron chi connectivity index (χ0n) is 30.2. The van der Waals surface area contributed by atoms with E-state index in [0.29, 0.717) is 49.7 Å². The van der Waals surface area contributed by atoms with Crippen LogP contribution in [0.25, 0.3) is 0 Å². The van der Waals surface area contributed by atoms with Gasteiger partial charge < -0.3 is 19.5 Å². The van der Waals surface area contributed by atoms with Crippen molar-refractivity contribution in [3.8, 4) is 11.5 Å². The number of benzene rings is 4. The normalized spacial score (nSPS) is 27.2. The van der Waals surface area contributed by atoms with Crippen LogP contribution in [-0.4, -0.2) is 62.1 Å². The van der Waals surface area contributed by atoms with Crippen LogP contribution in [0.1, 0.15) is 29.9 Å². The zero-order valence-corrected chi connectivity index (χ0v) is 34.1. The van der Waals surface area contributed by atoms with Crippen LogP contribution in [0.4, 0.5) is 17.1 Å². The Kier molecular flexibility index (Phi) is 9.38. The number of rotatable bonds is 6. The van der Waals surface area contributed by atoms with E-state index in [1.54, 1.807) is 30.3 Å². The molecule has 13 heteroatoms. The molecule has 4 fully saturated rings. The molecule has 2 aliphatic carbocycles. The minimum absolute atomic E-state index is 0.139. The molecular formula is C43H36Br2ClN3O7. The molecule has 0 radical (unpaired) electrons. The molecule has 3 saturated heterocycles. The number of methoxy groups -OCH3 is 1. The summed E-state index contributed by atoms with van der Waals surface area (Å²) < 4.78 is 11.9. The summed E-state index contributed by atoms with van der Waals surface area (Å²) in [6.45, 7) is 2.77. The summed E-state index contributed by atoms with van der Waals surface area (Å²) in [5, 5.41) is 11.4. The lowest BCUT2D eigenvalue weighted by atomic mass is 9.49. The Morgan fingerprint density at radius 3 is 2.21 bits per heavy atom. The molecule has 56 heavy (non-hydrogen) atoms. The first-order chi connectivity index (χ1) is 27.1. The van der Waals surface area contributed by atoms with Gasteiger partial charge in [-0.1, -0.05) is 59.6 Å². The summed E-state index contributed by atoms with van der Waals surface area (Å²) in [4.78, 5) is 64.6. The van der Waals surface area contributed by atoms with Gasteiger partial charge in [0.2, 0.25) is 23.6 Å². The third kappa shape index (κ3) is 5.43. The number of anilines is 3. The lowest BCUT2D eigenvalue weighted by molar-refractivity contribution is -0.127. The SMILES string of the molecule is COc1cc([C@H]2C3=CC[C@@H]4C(=O)N(c5ccc(N6CCOCC6)cc5)C(=O)[C@@H]4[C@@H]3C[C@H]3C(=O)N(c4cccc(Cl)c4)C(=O)[C@@]23c2ccccc2)c(Br)c(Br)c1O. The lowest BCUT2D eigenvalue weighted by Crippen LogP contribution is -2.53. The number of halogens is 3. The number of fused-ring (bicyclic) bond motifs is 4. The highest BCUT2D eigenvalue weighted by Crippen LogP contribution is 2.66. The maximum absolute atomic E-state index is 15.6. The molecule has 5 aliphatic rings. The van der Waals surface area contributed by atoms with Crippen molar-refractivity contribution in [2.24, 2.45) is 23.7 Å². The number of nitrogens with zero attached hydrogens (tertiary/aromatic N) is 3. The number of carbonyl (C=O) groups excluding carboxylic acids is 4. The zero-order chi connectivity index (χ0) is 39.0. The van der Waals surface area contributed by atoms with E-state index >= 15 is 9.59 Å². The molecule has 0 spiro atoms. The van der Waals surface area contributed by atoms with Crippen molar-refractivity contribution in [1.29, 1.82) is 0 Å². The molecule has 286 valence electrons. The molecule has 9 rings (SSSR count). The van der Waals surface area contributed by atoms with E-state index in [1.807, 2.05) is 60.7 Å². The second-order valence-electron chi connectivity index (χ2n) is 14.9. The predicted molar refractivity (Wildman–Crippen MR) is 218 cm³/mol. The van der Waals surface area contributed by atoms with Gasteiger partial charge in [-0.15, -0.1) is 0 Å². The smallest absolute Gasteiger partial charge is 0.246 e. The molecular weight excluding hydrogens is 866 g/mol. The van der Waals surface area contributed by atoms with E-state index in [9.17, 15) is 14.7 Å². The fraction of sp³-hybridized carbons (Fsp3) is 0.302. The Morgan fingerprint density at radius 2 is 1.52 bits per heavy atom. The van der Waals surface area contributed by atoms with Gasteiger partial charge in [0.25, 0.3) is 0 Å². The van der Waals surface area contributed by atoms with Crippen molar-refractivity contribution in [2.45, 2.75) is 24.2 Å². The molecule has 0 aromatic heterocycles. The Hall–Kier alpha value is -4.49. The van der Waals surface area contributed by atoms with Gasteiger partial charge in [0.05, 0.1) is 59.3 Å². The molecule has 4 amide bonds. The number of morpholine rings is 1. The van der Waals surface area contributed by atoms with Crippen LogP contribution >= 0.6 is 43.5 Å². The maximum atomic E-state index is 15.6. The fourth-order valence-corrected chi connectivity index (χ4v) is 11.1. The van der Waals surface area contributed by atoms with Crippen molar-refractivity contribution < 1.29 is 33.8 Å². The van der Waals surface area contributed by atoms with Gasteiger partial charge in [0, 0.05) is 34.2 Å². The molecule has 1 N–H and O–H groups in total. The van der Waals surface area contributed by atoms with Crippen LogP contribution in [0.2, 0.25) is 5.02 Å². The van der Waals surface area contributed by atoms with Gasteiger partial charge in [-0.3, -0.25) is 24.1 Å². The van der Waals surface area contributed by atoms with E-state index in [0.717, 1.165) is 24.4 Å². The number of imide groups is 2. The molecule has 10 nitrogen and oxygen atoms in total. The van der Waals surface area contributed by atoms with Gasteiger partial charge in [-0.2, -0.15) is 0 Å². The second kappa shape index (κ2) is 14.2. The molecule has 0 bridgehead atoms. The van der Waals surface area contributed by atoms with E-state index in [-0.39, 0.29) is 36.2 Å². The lowest BCUT2D eigenvalue weighted by Gasteiger charge is -2.51. The highest BCUT2D eigenvalue weighted by atomic mass is 79.9. The van der Waals surface area contributed by atoms with Crippen molar-refractivity contribution in [3.05, 3.63) is 122 Å². The number of ether oxygens (including phenoxy) is 2. The second-order valence-corrected chi connectivity index (χ2v) is 16.9. The number of hydrogen-bond acceptors (Lipinski definition) is 8. The Balaban J connectivity index is 1.22. The largest absolute Gasteiger partial charge is 0.503 e. The molecule has 3 heterocycles. The van der Waals surface area contributed by atoms with Crippen molar-refractivity contribution in [2.75, 3.05) is 48.1 Å². The van der Waals surface area contributed by atoms with Crippen molar-refractivity contribution in [1.82, 2.24) is 0 Å². The number of carbonyl (C=O) groups is 4. The average Bonchev–Trinajstić information content (AvgIpc) is 3.61. The van der Waals surface area contributed by atoms with Crippen LogP contribution in [-0.2, 0) is 29.3 Å². The molecule has 0 unspecified atom stereocenters. The minimum atomic E-state index is -1.50. The van der Waals surface area contributed by atoms with E-state index in [4.69, 9.17) is 21.1 Å². The monoisotopic (exact) mass is 899 g/mol. The highest BCUT2D eigenvalue weighted by Gasteiger charge is 2.70. The number of phenols is 1. The summed E-state index contributed by atoms with van der Waals surface area (Å²) in [7, 11) is 1.44. The first-order valence-corrected chi connectivity index (χ1v) is 20.5. The standard InChI is InChI=1S/C43H36Br2ClN3O7/c1-55-33-22-31(36(44)37(45)38(33)50)35-28-14-15-29-34(41(53)48(39(29)51)26-12-10-25(11-13-26)47-16-18-56-19-17-47)30(28)21-32-40(52)49(27-9-5-8-24(46)20-27)42(54)43(32,35)23-6-3-2-4-7-23/h2-14,20,22,29-30,32,34-35,50H,15-19,21H2,1H3/t29-,30+,32-,34-,35+,43+/m0/s1. The van der Waals surface area contributed by atoms with Gasteiger partial charge in [-0.05, 0) is 110 Å². The molecule has 1 saturated carbocycles. The van der Waals surface area contributed by atoms with Crippen LogP contribution in [0.3, 0.4) is 0 Å². The third-order valence-electron chi connectivity index (χ3n) is 12.4. The topological polar surface area (TPSA) is 117 Å². The Bertz CT molecular complexity index is 2330. The molecule has 4 aromatic carbocycles. The molecule has 3 aliphatic heterocycles. The average molecular weight is 902 g/mol. The molecule has 4 aromatic rings. The Morgan fingerprint density at radius 1 is 0.804 bits per heavy atom. The highest BCUT2D eigenvalue weighted by molar-refractivity contribution is 9.13. The third-order valence-corrected chi connectivity index (χ3v) is 14.7. The van der Waals surface area contributed by atoms with E-state index in [2.05, 4.69) is 36.8 Å². The minimum Gasteiger partial charge on any atom is -0.503 e. The first kappa shape index (κ1) is 37.1. The number of aromatic hydroxyl groups is 1. The van der Waals surface area contributed by atoms with Crippen LogP contribution in [0.15, 0.2) is 106 Å². The summed E-state index contributed by atoms with van der Waals surface area (Å²) in [6, 6.07) is 25.1. The first-order valence-electron chi connectivity index (χ1n) is 18.5. The van der Waals surface area contributed by atoms with E-state index in [1.165, 1.54) is 16.9 Å². The predicted octanol–water partition coefficient (Wildman–Crippen LogP) is 7.78. The van der Waals surface area contributed by atoms with E-state index < -0.39 is 46.8 Å². The van der Waals surface area contributed by atoms with Crippen LogP contribution in [0, 0.1) is 23.7 Å². The number of allylic oxidation sites excluding steroid dienone is 2. The summed E-state index contributed by atoms with van der Waals surface area (Å²) >= 11 is 13.7. The van der Waals surface area contributed by atoms with Crippen molar-refractivity contribution in [3.63, 3.8) is 0 Å². The Labute approximate surface area is 345 Å². The van der Waals surface area contributed by atoms with Crippen LogP contribution < -0.4 is 19.4 Å². The maximum Gasteiger partial charge on any atom is 0.246 e.